The predicted octanol–water partition coefficient (Wildman–Crippen LogP) is 0.0835. The van der Waals surface area contributed by atoms with E-state index in [1.807, 2.05) is 14.1 Å². The van der Waals surface area contributed by atoms with E-state index in [1.165, 1.54) is 0 Å². The largest absolute Gasteiger partial charge is 0.478 e. The van der Waals surface area contributed by atoms with E-state index in [0.29, 0.717) is 12.1 Å². The van der Waals surface area contributed by atoms with Crippen LogP contribution in [0.25, 0.3) is 0 Å². The molecule has 0 aromatic rings. The van der Waals surface area contributed by atoms with Crippen molar-refractivity contribution in [2.24, 2.45) is 0 Å². The molecular formula is C7H14N2O2. The molecule has 0 saturated carbocycles. The summed E-state index contributed by atoms with van der Waals surface area (Å²) >= 11 is 0. The molecule has 4 heteroatoms. The van der Waals surface area contributed by atoms with Gasteiger partial charge in [-0.3, -0.25) is 10.4 Å². The quantitative estimate of drug-likeness (QED) is 0.449. The van der Waals surface area contributed by atoms with E-state index in [1.54, 1.807) is 18.0 Å². The zero-order valence-corrected chi connectivity index (χ0v) is 7.09. The summed E-state index contributed by atoms with van der Waals surface area (Å²) < 4.78 is 0. The summed E-state index contributed by atoms with van der Waals surface area (Å²) in [6.07, 6.45) is 1.63. The van der Waals surface area contributed by atoms with Crippen LogP contribution < -0.4 is 5.43 Å². The van der Waals surface area contributed by atoms with Crippen molar-refractivity contribution in [3.63, 3.8) is 0 Å². The maximum absolute atomic E-state index is 10.3. The smallest absolute Gasteiger partial charge is 0.330 e. The first-order valence-corrected chi connectivity index (χ1v) is 3.35. The van der Waals surface area contributed by atoms with Crippen molar-refractivity contribution in [1.29, 1.82) is 0 Å². The van der Waals surface area contributed by atoms with Crippen molar-refractivity contribution in [3.05, 3.63) is 11.6 Å². The summed E-state index contributed by atoms with van der Waals surface area (Å²) in [7, 11) is 3.70. The molecule has 0 spiro atoms. The van der Waals surface area contributed by atoms with Crippen LogP contribution in [0.15, 0.2) is 11.6 Å². The second-order valence-electron chi connectivity index (χ2n) is 2.45. The Morgan fingerprint density at radius 3 is 2.55 bits per heavy atom. The maximum atomic E-state index is 10.3. The number of nitrogens with one attached hydrogen (secondary N) is 1. The first kappa shape index (κ1) is 10.1. The minimum absolute atomic E-state index is 0.361. The van der Waals surface area contributed by atoms with Crippen LogP contribution in [0.5, 0.6) is 0 Å². The summed E-state index contributed by atoms with van der Waals surface area (Å²) in [4.78, 5) is 10.3. The Bertz CT molecular complexity index is 164. The lowest BCUT2D eigenvalue weighted by molar-refractivity contribution is -0.132. The van der Waals surface area contributed by atoms with Gasteiger partial charge in [0.15, 0.2) is 0 Å². The number of hydrazine groups is 1. The third-order valence-corrected chi connectivity index (χ3v) is 1.15. The SMILES string of the molecule is C/C(=C/CNN(C)C)C(=O)O. The molecule has 11 heavy (non-hydrogen) atoms. The highest BCUT2D eigenvalue weighted by atomic mass is 16.4. The fourth-order valence-corrected chi connectivity index (χ4v) is 0.469. The average molecular weight is 158 g/mol. The van der Waals surface area contributed by atoms with Crippen molar-refractivity contribution in [2.75, 3.05) is 20.6 Å². The Hall–Kier alpha value is -0.870. The number of rotatable bonds is 4. The monoisotopic (exact) mass is 158 g/mol. The second kappa shape index (κ2) is 4.87. The van der Waals surface area contributed by atoms with Gasteiger partial charge in [-0.05, 0) is 6.92 Å². The molecule has 0 unspecified atom stereocenters. The average Bonchev–Trinajstić information content (AvgIpc) is 1.86. The predicted molar refractivity (Wildman–Crippen MR) is 43.1 cm³/mol. The normalized spacial score (nSPS) is 12.2. The Labute approximate surface area is 66.5 Å². The Morgan fingerprint density at radius 2 is 2.18 bits per heavy atom. The van der Waals surface area contributed by atoms with Gasteiger partial charge in [-0.15, -0.1) is 0 Å². The summed E-state index contributed by atoms with van der Waals surface area (Å²) in [5, 5.41) is 10.2. The molecule has 0 aliphatic heterocycles. The molecule has 0 saturated heterocycles. The summed E-state index contributed by atoms with van der Waals surface area (Å²) in [5.41, 5.74) is 3.29. The first-order valence-electron chi connectivity index (χ1n) is 3.35. The van der Waals surface area contributed by atoms with Gasteiger partial charge in [0.2, 0.25) is 0 Å². The van der Waals surface area contributed by atoms with Crippen molar-refractivity contribution >= 4 is 5.97 Å². The van der Waals surface area contributed by atoms with Gasteiger partial charge < -0.3 is 5.11 Å². The van der Waals surface area contributed by atoms with Crippen molar-refractivity contribution in [1.82, 2.24) is 10.4 Å². The lowest BCUT2D eigenvalue weighted by Gasteiger charge is -2.08. The molecule has 0 heterocycles. The van der Waals surface area contributed by atoms with Gasteiger partial charge in [-0.25, -0.2) is 4.79 Å². The molecule has 0 fully saturated rings. The zero-order chi connectivity index (χ0) is 8.85. The molecule has 64 valence electrons. The molecular weight excluding hydrogens is 144 g/mol. The third kappa shape index (κ3) is 5.57. The van der Waals surface area contributed by atoms with Crippen LogP contribution in [0.3, 0.4) is 0 Å². The highest BCUT2D eigenvalue weighted by molar-refractivity contribution is 5.85. The van der Waals surface area contributed by atoms with Crippen LogP contribution in [0.4, 0.5) is 0 Å². The lowest BCUT2D eigenvalue weighted by atomic mass is 10.3. The van der Waals surface area contributed by atoms with E-state index >= 15 is 0 Å². The van der Waals surface area contributed by atoms with Gasteiger partial charge in [0.1, 0.15) is 0 Å². The van der Waals surface area contributed by atoms with E-state index in [0.717, 1.165) is 0 Å². The fraction of sp³-hybridized carbons (Fsp3) is 0.571. The molecule has 0 amide bonds. The molecule has 0 rings (SSSR count). The molecule has 0 atom stereocenters. The van der Waals surface area contributed by atoms with Crippen LogP contribution >= 0.6 is 0 Å². The van der Waals surface area contributed by atoms with Crippen molar-refractivity contribution < 1.29 is 9.90 Å². The van der Waals surface area contributed by atoms with Crippen LogP contribution in [0, 0.1) is 0 Å². The third-order valence-electron chi connectivity index (χ3n) is 1.15. The number of carboxylic acids is 1. The van der Waals surface area contributed by atoms with Gasteiger partial charge >= 0.3 is 5.97 Å². The van der Waals surface area contributed by atoms with Crippen LogP contribution in [0.2, 0.25) is 0 Å². The summed E-state index contributed by atoms with van der Waals surface area (Å²) in [6.45, 7) is 2.12. The highest BCUT2D eigenvalue weighted by Gasteiger charge is 1.97. The van der Waals surface area contributed by atoms with Crippen LogP contribution in [-0.4, -0.2) is 36.7 Å². The topological polar surface area (TPSA) is 52.6 Å². The summed E-state index contributed by atoms with van der Waals surface area (Å²) in [6, 6.07) is 0. The minimum Gasteiger partial charge on any atom is -0.478 e. The van der Waals surface area contributed by atoms with Gasteiger partial charge in [0, 0.05) is 26.2 Å². The van der Waals surface area contributed by atoms with Crippen molar-refractivity contribution in [3.8, 4) is 0 Å². The van der Waals surface area contributed by atoms with E-state index < -0.39 is 5.97 Å². The molecule has 0 aliphatic carbocycles. The van der Waals surface area contributed by atoms with Crippen LogP contribution in [-0.2, 0) is 4.79 Å². The Kier molecular flexibility index (Phi) is 4.49. The number of nitrogens with zero attached hydrogens (tertiary/aromatic N) is 1. The standard InChI is InChI=1S/C7H14N2O2/c1-6(7(10)11)4-5-8-9(2)3/h4,8H,5H2,1-3H3,(H,10,11)/b6-4-. The van der Waals surface area contributed by atoms with Crippen molar-refractivity contribution in [2.45, 2.75) is 6.92 Å². The fourth-order valence-electron chi connectivity index (χ4n) is 0.469. The van der Waals surface area contributed by atoms with Gasteiger partial charge in [0.25, 0.3) is 0 Å². The van der Waals surface area contributed by atoms with E-state index in [4.69, 9.17) is 5.11 Å². The number of carboxylic acid groups (broad SMARTS) is 1. The number of hydrogen-bond donors (Lipinski definition) is 2. The minimum atomic E-state index is -0.870. The second-order valence-corrected chi connectivity index (χ2v) is 2.45. The number of aliphatic carboxylic acids is 1. The molecule has 0 aliphatic rings. The summed E-state index contributed by atoms with van der Waals surface area (Å²) in [5.74, 6) is -0.870. The van der Waals surface area contributed by atoms with Gasteiger partial charge in [0.05, 0.1) is 0 Å². The van der Waals surface area contributed by atoms with E-state index in [2.05, 4.69) is 5.43 Å². The van der Waals surface area contributed by atoms with E-state index in [-0.39, 0.29) is 0 Å². The van der Waals surface area contributed by atoms with Crippen LogP contribution in [0.1, 0.15) is 6.92 Å². The molecule has 2 N–H and O–H groups in total. The maximum Gasteiger partial charge on any atom is 0.330 e. The molecule has 4 nitrogen and oxygen atoms in total. The lowest BCUT2D eigenvalue weighted by Crippen LogP contribution is -2.30. The van der Waals surface area contributed by atoms with Gasteiger partial charge in [-0.1, -0.05) is 6.08 Å². The molecule has 0 radical (unpaired) electrons. The first-order chi connectivity index (χ1) is 5.04. The highest BCUT2D eigenvalue weighted by Crippen LogP contribution is 1.89. The zero-order valence-electron chi connectivity index (χ0n) is 7.09. The molecule has 0 aromatic carbocycles. The van der Waals surface area contributed by atoms with Gasteiger partial charge in [-0.2, -0.15) is 0 Å². The van der Waals surface area contributed by atoms with E-state index in [9.17, 15) is 4.79 Å². The Morgan fingerprint density at radius 1 is 1.64 bits per heavy atom. The molecule has 0 aromatic heterocycles. The molecule has 0 bridgehead atoms. The number of carbonyl (C=O) groups is 1. The number of hydrogen-bond acceptors (Lipinski definition) is 3. The Balaban J connectivity index is 3.65.